The Kier molecular flexibility index (Phi) is 3.53. The number of methoxy groups -OCH3 is 1. The van der Waals surface area contributed by atoms with Crippen LogP contribution in [0.15, 0.2) is 16.6 Å². The lowest BCUT2D eigenvalue weighted by Crippen LogP contribution is -2.06. The Bertz CT molecular complexity index is 304. The predicted molar refractivity (Wildman–Crippen MR) is 51.0 cm³/mol. The molecule has 0 heterocycles. The molecule has 4 nitrogen and oxygen atoms in total. The van der Waals surface area contributed by atoms with Gasteiger partial charge in [0, 0.05) is 11.0 Å². The molecule has 0 atom stereocenters. The first-order valence-corrected chi connectivity index (χ1v) is 4.40. The van der Waals surface area contributed by atoms with Crippen LogP contribution in [0.3, 0.4) is 0 Å². The van der Waals surface area contributed by atoms with Crippen LogP contribution in [0.4, 0.5) is 0 Å². The third-order valence-electron chi connectivity index (χ3n) is 1.62. The topological polar surface area (TPSA) is 61.7 Å². The van der Waals surface area contributed by atoms with E-state index in [0.717, 1.165) is 5.56 Å². The Morgan fingerprint density at radius 3 is 2.77 bits per heavy atom. The van der Waals surface area contributed by atoms with Crippen molar-refractivity contribution in [3.63, 3.8) is 0 Å². The Balaban J connectivity index is 3.06. The van der Waals surface area contributed by atoms with Gasteiger partial charge in [-0.05, 0) is 17.7 Å². The van der Waals surface area contributed by atoms with E-state index in [0.29, 0.717) is 10.2 Å². The fraction of sp³-hybridized carbons (Fsp3) is 0.250. The number of phenolic OH excluding ortho intramolecular Hbond substituents is 1. The molecule has 0 aliphatic heterocycles. The molecule has 0 saturated heterocycles. The lowest BCUT2D eigenvalue weighted by molar-refractivity contribution is 0.161. The number of benzene rings is 1. The molecular weight excluding hydrogens is 238 g/mol. The molecule has 0 spiro atoms. The lowest BCUT2D eigenvalue weighted by atomic mass is 10.2. The minimum Gasteiger partial charge on any atom is -0.504 e. The highest BCUT2D eigenvalue weighted by molar-refractivity contribution is 9.10. The average molecular weight is 248 g/mol. The molecule has 72 valence electrons. The van der Waals surface area contributed by atoms with Crippen molar-refractivity contribution in [3.05, 3.63) is 22.2 Å². The van der Waals surface area contributed by atoms with E-state index >= 15 is 0 Å². The molecule has 1 aromatic carbocycles. The van der Waals surface area contributed by atoms with Gasteiger partial charge in [-0.1, -0.05) is 15.9 Å². The second kappa shape index (κ2) is 4.45. The molecule has 0 saturated carbocycles. The number of nitrogens with one attached hydrogen (secondary N) is 1. The molecule has 5 heteroatoms. The first-order valence-electron chi connectivity index (χ1n) is 3.61. The Morgan fingerprint density at radius 1 is 1.54 bits per heavy atom. The molecule has 0 aliphatic rings. The second-order valence-corrected chi connectivity index (χ2v) is 3.30. The molecule has 0 radical (unpaired) electrons. The van der Waals surface area contributed by atoms with Gasteiger partial charge in [0.25, 0.3) is 0 Å². The monoisotopic (exact) mass is 247 g/mol. The molecule has 13 heavy (non-hydrogen) atoms. The Labute approximate surface area is 84.2 Å². The predicted octanol–water partition coefficient (Wildman–Crippen LogP) is 1.64. The van der Waals surface area contributed by atoms with Crippen molar-refractivity contribution in [1.29, 1.82) is 0 Å². The molecule has 0 unspecified atom stereocenters. The SMILES string of the molecule is COc1cc(CNO)c(Br)cc1O. The molecule has 1 rings (SSSR count). The van der Waals surface area contributed by atoms with E-state index in [1.54, 1.807) is 6.07 Å². The normalized spacial score (nSPS) is 10.1. The van der Waals surface area contributed by atoms with Gasteiger partial charge in [0.05, 0.1) is 7.11 Å². The summed E-state index contributed by atoms with van der Waals surface area (Å²) in [6.45, 7) is 0.289. The van der Waals surface area contributed by atoms with Crippen molar-refractivity contribution in [2.24, 2.45) is 0 Å². The van der Waals surface area contributed by atoms with Crippen molar-refractivity contribution in [3.8, 4) is 11.5 Å². The zero-order chi connectivity index (χ0) is 9.84. The largest absolute Gasteiger partial charge is 0.504 e. The summed E-state index contributed by atoms with van der Waals surface area (Å²) in [5.41, 5.74) is 2.83. The highest BCUT2D eigenvalue weighted by atomic mass is 79.9. The smallest absolute Gasteiger partial charge is 0.160 e. The van der Waals surface area contributed by atoms with Gasteiger partial charge in [0.2, 0.25) is 0 Å². The zero-order valence-corrected chi connectivity index (χ0v) is 8.63. The van der Waals surface area contributed by atoms with Crippen LogP contribution in [0.5, 0.6) is 11.5 Å². The van der Waals surface area contributed by atoms with E-state index in [1.807, 2.05) is 5.48 Å². The van der Waals surface area contributed by atoms with Crippen molar-refractivity contribution >= 4 is 15.9 Å². The number of hydroxylamine groups is 1. The molecule has 1 aromatic rings. The number of hydrogen-bond donors (Lipinski definition) is 3. The summed E-state index contributed by atoms with van der Waals surface area (Å²) in [7, 11) is 1.47. The highest BCUT2D eigenvalue weighted by Crippen LogP contribution is 2.32. The zero-order valence-electron chi connectivity index (χ0n) is 7.04. The summed E-state index contributed by atoms with van der Waals surface area (Å²) in [5.74, 6) is 0.449. The van der Waals surface area contributed by atoms with Gasteiger partial charge in [-0.2, -0.15) is 0 Å². The fourth-order valence-corrected chi connectivity index (χ4v) is 1.44. The van der Waals surface area contributed by atoms with Crippen LogP contribution in [-0.4, -0.2) is 17.4 Å². The van der Waals surface area contributed by atoms with Crippen LogP contribution in [0, 0.1) is 0 Å². The maximum Gasteiger partial charge on any atom is 0.160 e. The minimum atomic E-state index is 0.0658. The molecule has 0 fully saturated rings. The number of hydrogen-bond acceptors (Lipinski definition) is 4. The average Bonchev–Trinajstić information content (AvgIpc) is 2.10. The molecule has 0 bridgehead atoms. The van der Waals surface area contributed by atoms with E-state index in [4.69, 9.17) is 9.94 Å². The van der Waals surface area contributed by atoms with Gasteiger partial charge < -0.3 is 15.1 Å². The van der Waals surface area contributed by atoms with E-state index < -0.39 is 0 Å². The summed E-state index contributed by atoms with van der Waals surface area (Å²) in [6, 6.07) is 3.16. The molecule has 0 aromatic heterocycles. The Hall–Kier alpha value is -0.780. The molecule has 0 aliphatic carbocycles. The van der Waals surface area contributed by atoms with Crippen LogP contribution in [0.2, 0.25) is 0 Å². The van der Waals surface area contributed by atoms with Crippen LogP contribution < -0.4 is 10.2 Å². The highest BCUT2D eigenvalue weighted by Gasteiger charge is 2.06. The first kappa shape index (κ1) is 10.3. The van der Waals surface area contributed by atoms with Gasteiger partial charge in [-0.25, -0.2) is 5.48 Å². The third kappa shape index (κ3) is 2.33. The molecule has 3 N–H and O–H groups in total. The van der Waals surface area contributed by atoms with E-state index in [9.17, 15) is 5.11 Å². The van der Waals surface area contributed by atoms with E-state index in [1.165, 1.54) is 13.2 Å². The molecule has 0 amide bonds. The minimum absolute atomic E-state index is 0.0658. The van der Waals surface area contributed by atoms with Gasteiger partial charge in [-0.3, -0.25) is 0 Å². The number of rotatable bonds is 3. The van der Waals surface area contributed by atoms with Crippen LogP contribution in [-0.2, 0) is 6.54 Å². The number of aromatic hydroxyl groups is 1. The maximum absolute atomic E-state index is 9.35. The maximum atomic E-state index is 9.35. The van der Waals surface area contributed by atoms with Gasteiger partial charge in [-0.15, -0.1) is 0 Å². The standard InChI is InChI=1S/C8H10BrNO3/c1-13-8-2-5(4-10-12)6(9)3-7(8)11/h2-3,10-12H,4H2,1H3. The summed E-state index contributed by atoms with van der Waals surface area (Å²) >= 11 is 3.24. The van der Waals surface area contributed by atoms with Crippen molar-refractivity contribution in [2.75, 3.05) is 7.11 Å². The van der Waals surface area contributed by atoms with E-state index in [2.05, 4.69) is 15.9 Å². The summed E-state index contributed by atoms with van der Waals surface area (Å²) in [4.78, 5) is 0. The van der Waals surface area contributed by atoms with Crippen molar-refractivity contribution < 1.29 is 15.1 Å². The quantitative estimate of drug-likeness (QED) is 0.711. The Morgan fingerprint density at radius 2 is 2.23 bits per heavy atom. The third-order valence-corrected chi connectivity index (χ3v) is 2.36. The number of phenols is 1. The first-order chi connectivity index (χ1) is 6.19. The van der Waals surface area contributed by atoms with Crippen molar-refractivity contribution in [1.82, 2.24) is 5.48 Å². The van der Waals surface area contributed by atoms with Crippen LogP contribution >= 0.6 is 15.9 Å². The summed E-state index contributed by atoms with van der Waals surface area (Å²) in [5, 5.41) is 17.8. The second-order valence-electron chi connectivity index (χ2n) is 2.45. The summed E-state index contributed by atoms with van der Waals surface area (Å²) < 4.78 is 5.62. The van der Waals surface area contributed by atoms with E-state index in [-0.39, 0.29) is 12.3 Å². The van der Waals surface area contributed by atoms with Crippen LogP contribution in [0.1, 0.15) is 5.56 Å². The fourth-order valence-electron chi connectivity index (χ4n) is 0.969. The van der Waals surface area contributed by atoms with Crippen molar-refractivity contribution in [2.45, 2.75) is 6.54 Å². The van der Waals surface area contributed by atoms with Crippen LogP contribution in [0.25, 0.3) is 0 Å². The van der Waals surface area contributed by atoms with Gasteiger partial charge >= 0.3 is 0 Å². The number of halogens is 1. The van der Waals surface area contributed by atoms with Gasteiger partial charge in [0.15, 0.2) is 11.5 Å². The number of ether oxygens (including phenoxy) is 1. The molecular formula is C8H10BrNO3. The summed E-state index contributed by atoms with van der Waals surface area (Å²) in [6.07, 6.45) is 0. The van der Waals surface area contributed by atoms with Gasteiger partial charge in [0.1, 0.15) is 0 Å². The lowest BCUT2D eigenvalue weighted by Gasteiger charge is -2.08.